The highest BCUT2D eigenvalue weighted by Gasteiger charge is 2.14. The molecule has 5 heteroatoms. The van der Waals surface area contributed by atoms with Crippen molar-refractivity contribution >= 4 is 34.6 Å². The molecule has 4 nitrogen and oxygen atoms in total. The van der Waals surface area contributed by atoms with Crippen LogP contribution in [0.15, 0.2) is 29.4 Å². The summed E-state index contributed by atoms with van der Waals surface area (Å²) in [4.78, 5) is 12.7. The van der Waals surface area contributed by atoms with Crippen LogP contribution in [-0.2, 0) is 0 Å². The van der Waals surface area contributed by atoms with E-state index >= 15 is 0 Å². The van der Waals surface area contributed by atoms with Crippen LogP contribution in [0.3, 0.4) is 0 Å². The number of nitrogens with one attached hydrogen (secondary N) is 1. The van der Waals surface area contributed by atoms with Crippen molar-refractivity contribution in [1.82, 2.24) is 9.97 Å². The molecule has 2 heterocycles. The first-order valence-electron chi connectivity index (χ1n) is 6.07. The molecule has 0 spiro atoms. The Hall–Kier alpha value is -1.81. The van der Waals surface area contributed by atoms with Crippen LogP contribution in [0.1, 0.15) is 24.8 Å². The molecule has 0 amide bonds. The van der Waals surface area contributed by atoms with E-state index in [4.69, 9.17) is 17.0 Å². The Kier molecular flexibility index (Phi) is 4.22. The van der Waals surface area contributed by atoms with E-state index in [0.29, 0.717) is 17.3 Å². The first-order valence-corrected chi connectivity index (χ1v) is 6.45. The summed E-state index contributed by atoms with van der Waals surface area (Å²) >= 11 is 5.89. The van der Waals surface area contributed by atoms with E-state index in [2.05, 4.69) is 15.0 Å². The third-order valence-electron chi connectivity index (χ3n) is 2.94. The number of pyridine rings is 2. The lowest BCUT2D eigenvalue weighted by Crippen LogP contribution is -2.12. The van der Waals surface area contributed by atoms with Crippen LogP contribution in [0, 0.1) is 5.41 Å². The Morgan fingerprint density at radius 2 is 2.26 bits per heavy atom. The van der Waals surface area contributed by atoms with Crippen molar-refractivity contribution < 1.29 is 0 Å². The third-order valence-corrected chi connectivity index (χ3v) is 3.15. The summed E-state index contributed by atoms with van der Waals surface area (Å²) in [5.74, 6) is -0.146. The van der Waals surface area contributed by atoms with Gasteiger partial charge in [0, 0.05) is 25.2 Å². The normalized spacial score (nSPS) is 13.0. The van der Waals surface area contributed by atoms with Gasteiger partial charge in [0.05, 0.1) is 17.0 Å². The van der Waals surface area contributed by atoms with Crippen LogP contribution in [0.5, 0.6) is 0 Å². The van der Waals surface area contributed by atoms with E-state index < -0.39 is 0 Å². The fourth-order valence-corrected chi connectivity index (χ4v) is 2.07. The smallest absolute Gasteiger partial charge is 0.129 e. The van der Waals surface area contributed by atoms with E-state index in [1.165, 1.54) is 0 Å². The molecule has 2 aromatic heterocycles. The zero-order valence-electron chi connectivity index (χ0n) is 10.9. The standard InChI is InChI=1S/C14H15ClN4/c1-3-11(16)10(8-17-2)9-6-13-12(18-7-9)4-5-14(15)19-13/h4-8,10,16H,3H2,1-2H3. The summed E-state index contributed by atoms with van der Waals surface area (Å²) < 4.78 is 0. The van der Waals surface area contributed by atoms with Gasteiger partial charge in [-0.3, -0.25) is 9.98 Å². The highest BCUT2D eigenvalue weighted by Crippen LogP contribution is 2.21. The van der Waals surface area contributed by atoms with Crippen LogP contribution in [0.4, 0.5) is 0 Å². The molecule has 1 atom stereocenters. The molecule has 1 unspecified atom stereocenters. The lowest BCUT2D eigenvalue weighted by molar-refractivity contribution is 1.09. The average molecular weight is 275 g/mol. The topological polar surface area (TPSA) is 62.0 Å². The minimum absolute atomic E-state index is 0.146. The van der Waals surface area contributed by atoms with Crippen molar-refractivity contribution in [2.75, 3.05) is 7.05 Å². The second kappa shape index (κ2) is 5.89. The van der Waals surface area contributed by atoms with E-state index in [-0.39, 0.29) is 5.92 Å². The van der Waals surface area contributed by atoms with Gasteiger partial charge in [0.15, 0.2) is 0 Å². The Morgan fingerprint density at radius 3 is 2.95 bits per heavy atom. The van der Waals surface area contributed by atoms with E-state index in [1.54, 1.807) is 25.5 Å². The summed E-state index contributed by atoms with van der Waals surface area (Å²) in [6, 6.07) is 5.48. The summed E-state index contributed by atoms with van der Waals surface area (Å²) in [6.07, 6.45) is 4.21. The van der Waals surface area contributed by atoms with Crippen molar-refractivity contribution in [3.8, 4) is 0 Å². The lowest BCUT2D eigenvalue weighted by atomic mass is 9.95. The predicted molar refractivity (Wildman–Crippen MR) is 79.7 cm³/mol. The molecule has 0 radical (unpaired) electrons. The first kappa shape index (κ1) is 13.6. The highest BCUT2D eigenvalue weighted by molar-refractivity contribution is 6.29. The first-order chi connectivity index (χ1) is 9.15. The molecule has 2 rings (SSSR count). The molecule has 19 heavy (non-hydrogen) atoms. The maximum absolute atomic E-state index is 8.02. The summed E-state index contributed by atoms with van der Waals surface area (Å²) in [7, 11) is 1.71. The number of aromatic nitrogens is 2. The fraction of sp³-hybridized carbons (Fsp3) is 0.286. The predicted octanol–water partition coefficient (Wildman–Crippen LogP) is 3.50. The van der Waals surface area contributed by atoms with Crippen molar-refractivity contribution in [1.29, 1.82) is 5.41 Å². The molecule has 98 valence electrons. The van der Waals surface area contributed by atoms with E-state index in [1.807, 2.05) is 19.1 Å². The molecule has 0 aliphatic rings. The SMILES string of the molecule is CCC(=N)C(C=NC)c1cnc2ccc(Cl)nc2c1. The molecule has 0 saturated heterocycles. The molecule has 0 aliphatic carbocycles. The number of nitrogens with zero attached hydrogens (tertiary/aromatic N) is 3. The number of hydrogen-bond acceptors (Lipinski definition) is 4. The Bertz CT molecular complexity index is 636. The maximum Gasteiger partial charge on any atom is 0.129 e. The molecule has 0 aliphatic heterocycles. The van der Waals surface area contributed by atoms with Crippen molar-refractivity contribution in [3.05, 3.63) is 35.1 Å². The van der Waals surface area contributed by atoms with Gasteiger partial charge in [0.25, 0.3) is 0 Å². The summed E-state index contributed by atoms with van der Waals surface area (Å²) in [5, 5.41) is 8.46. The zero-order chi connectivity index (χ0) is 13.8. The monoisotopic (exact) mass is 274 g/mol. The third kappa shape index (κ3) is 2.96. The molecular formula is C14H15ClN4. The van der Waals surface area contributed by atoms with Gasteiger partial charge in [-0.15, -0.1) is 0 Å². The molecule has 0 aromatic carbocycles. The average Bonchev–Trinajstić information content (AvgIpc) is 2.43. The molecule has 1 N–H and O–H groups in total. The molecule has 2 aromatic rings. The van der Waals surface area contributed by atoms with Gasteiger partial charge in [-0.05, 0) is 30.2 Å². The van der Waals surface area contributed by atoms with Crippen LogP contribution in [0.25, 0.3) is 11.0 Å². The molecule has 0 bridgehead atoms. The summed E-state index contributed by atoms with van der Waals surface area (Å²) in [6.45, 7) is 1.96. The second-order valence-corrected chi connectivity index (χ2v) is 4.59. The van der Waals surface area contributed by atoms with Crippen LogP contribution < -0.4 is 0 Å². The maximum atomic E-state index is 8.02. The van der Waals surface area contributed by atoms with Gasteiger partial charge in [0.2, 0.25) is 0 Å². The summed E-state index contributed by atoms with van der Waals surface area (Å²) in [5.41, 5.74) is 3.06. The fourth-order valence-electron chi connectivity index (χ4n) is 1.91. The van der Waals surface area contributed by atoms with E-state index in [9.17, 15) is 0 Å². The number of fused-ring (bicyclic) bond motifs is 1. The zero-order valence-corrected chi connectivity index (χ0v) is 11.6. The largest absolute Gasteiger partial charge is 0.309 e. The number of aliphatic imine (C=N–C) groups is 1. The number of hydrogen-bond donors (Lipinski definition) is 1. The Morgan fingerprint density at radius 1 is 1.47 bits per heavy atom. The van der Waals surface area contributed by atoms with Gasteiger partial charge in [0.1, 0.15) is 5.15 Å². The number of rotatable bonds is 4. The quantitative estimate of drug-likeness (QED) is 0.685. The van der Waals surface area contributed by atoms with Gasteiger partial charge in [-0.2, -0.15) is 0 Å². The van der Waals surface area contributed by atoms with Crippen molar-refractivity contribution in [2.24, 2.45) is 4.99 Å². The Labute approximate surface area is 117 Å². The molecule has 0 fully saturated rings. The van der Waals surface area contributed by atoms with Gasteiger partial charge in [-0.1, -0.05) is 18.5 Å². The number of halogens is 1. The van der Waals surface area contributed by atoms with Gasteiger partial charge < -0.3 is 5.41 Å². The lowest BCUT2D eigenvalue weighted by Gasteiger charge is -2.13. The minimum Gasteiger partial charge on any atom is -0.309 e. The second-order valence-electron chi connectivity index (χ2n) is 4.20. The molecular weight excluding hydrogens is 260 g/mol. The van der Waals surface area contributed by atoms with Crippen LogP contribution >= 0.6 is 11.6 Å². The van der Waals surface area contributed by atoms with Crippen LogP contribution in [0.2, 0.25) is 5.15 Å². The van der Waals surface area contributed by atoms with Crippen molar-refractivity contribution in [2.45, 2.75) is 19.3 Å². The van der Waals surface area contributed by atoms with Crippen molar-refractivity contribution in [3.63, 3.8) is 0 Å². The van der Waals surface area contributed by atoms with Crippen LogP contribution in [-0.4, -0.2) is 28.9 Å². The van der Waals surface area contributed by atoms with Gasteiger partial charge in [-0.25, -0.2) is 4.98 Å². The highest BCUT2D eigenvalue weighted by atomic mass is 35.5. The minimum atomic E-state index is -0.146. The van der Waals surface area contributed by atoms with Gasteiger partial charge >= 0.3 is 0 Å². The molecule has 0 saturated carbocycles. The Balaban J connectivity index is 2.51. The van der Waals surface area contributed by atoms with E-state index in [0.717, 1.165) is 16.6 Å².